The molecule has 0 aliphatic heterocycles. The molecule has 0 aliphatic rings. The predicted octanol–water partition coefficient (Wildman–Crippen LogP) is 5.76. The van der Waals surface area contributed by atoms with Crippen LogP contribution in [0.15, 0.2) is 72.5 Å². The normalized spacial score (nSPS) is 11.1. The van der Waals surface area contributed by atoms with Gasteiger partial charge in [0.2, 0.25) is 0 Å². The third-order valence-electron chi connectivity index (χ3n) is 4.49. The van der Waals surface area contributed by atoms with E-state index in [2.05, 4.69) is 15.0 Å². The minimum atomic E-state index is -0.618. The molecular weight excluding hydrogens is 390 g/mol. The number of nitrogens with zero attached hydrogens (tertiary/aromatic N) is 4. The Bertz CT molecular complexity index is 1320. The molecule has 0 saturated carbocycles. The molecule has 29 heavy (non-hydrogen) atoms. The Kier molecular flexibility index (Phi) is 4.29. The van der Waals surface area contributed by atoms with Gasteiger partial charge in [-0.05, 0) is 42.0 Å². The predicted molar refractivity (Wildman–Crippen MR) is 109 cm³/mol. The van der Waals surface area contributed by atoms with E-state index in [9.17, 15) is 8.78 Å². The summed E-state index contributed by atoms with van der Waals surface area (Å²) in [6, 6.07) is 12.7. The molecule has 2 aromatic carbocycles. The van der Waals surface area contributed by atoms with Crippen molar-refractivity contribution in [3.05, 3.63) is 84.1 Å². The smallest absolute Gasteiger partial charge is 0.162 e. The van der Waals surface area contributed by atoms with Crippen LogP contribution in [0.4, 0.5) is 8.78 Å². The average Bonchev–Trinajstić information content (AvgIpc) is 3.28. The van der Waals surface area contributed by atoms with Crippen LogP contribution in [0.25, 0.3) is 44.1 Å². The first-order valence-corrected chi connectivity index (χ1v) is 9.64. The Morgan fingerprint density at radius 3 is 2.55 bits per heavy atom. The van der Waals surface area contributed by atoms with Gasteiger partial charge in [0.15, 0.2) is 5.82 Å². The zero-order valence-electron chi connectivity index (χ0n) is 14.9. The highest BCUT2D eigenvalue weighted by molar-refractivity contribution is 7.13. The van der Waals surface area contributed by atoms with Crippen LogP contribution >= 0.6 is 11.3 Å². The van der Waals surface area contributed by atoms with E-state index in [-0.39, 0.29) is 0 Å². The molecule has 140 valence electrons. The van der Waals surface area contributed by atoms with Gasteiger partial charge >= 0.3 is 0 Å². The van der Waals surface area contributed by atoms with Gasteiger partial charge in [0.05, 0.1) is 5.52 Å². The van der Waals surface area contributed by atoms with Gasteiger partial charge in [-0.1, -0.05) is 6.07 Å². The highest BCUT2D eigenvalue weighted by atomic mass is 32.1. The van der Waals surface area contributed by atoms with E-state index in [1.807, 2.05) is 29.6 Å². The topological polar surface area (TPSA) is 51.6 Å². The maximum Gasteiger partial charge on any atom is 0.162 e. The van der Waals surface area contributed by atoms with Crippen LogP contribution in [0.3, 0.4) is 0 Å². The fourth-order valence-corrected chi connectivity index (χ4v) is 3.79. The molecule has 0 saturated heterocycles. The van der Waals surface area contributed by atoms with E-state index in [0.717, 1.165) is 22.0 Å². The SMILES string of the molecule is Fc1ccc(-c2ccc3nc(-c4cccnc4)nc(-c4nccs4)c3c2)c(F)c1. The highest BCUT2D eigenvalue weighted by Gasteiger charge is 2.15. The summed E-state index contributed by atoms with van der Waals surface area (Å²) in [5, 5.41) is 3.35. The molecule has 0 radical (unpaired) electrons. The van der Waals surface area contributed by atoms with Crippen LogP contribution in [-0.2, 0) is 0 Å². The van der Waals surface area contributed by atoms with E-state index >= 15 is 0 Å². The molecule has 0 spiro atoms. The second kappa shape index (κ2) is 7.10. The van der Waals surface area contributed by atoms with Gasteiger partial charge < -0.3 is 0 Å². The number of pyridine rings is 1. The Balaban J connectivity index is 1.76. The molecule has 4 nitrogen and oxygen atoms in total. The third-order valence-corrected chi connectivity index (χ3v) is 5.27. The van der Waals surface area contributed by atoms with Crippen molar-refractivity contribution in [2.24, 2.45) is 0 Å². The lowest BCUT2D eigenvalue weighted by atomic mass is 10.0. The maximum atomic E-state index is 14.3. The summed E-state index contributed by atoms with van der Waals surface area (Å²) in [7, 11) is 0. The van der Waals surface area contributed by atoms with E-state index in [1.54, 1.807) is 24.7 Å². The average molecular weight is 402 g/mol. The van der Waals surface area contributed by atoms with Crippen molar-refractivity contribution in [2.45, 2.75) is 0 Å². The summed E-state index contributed by atoms with van der Waals surface area (Å²) in [4.78, 5) is 17.9. The van der Waals surface area contributed by atoms with Gasteiger partial charge in [-0.3, -0.25) is 4.98 Å². The summed E-state index contributed by atoms with van der Waals surface area (Å²) >= 11 is 1.46. The van der Waals surface area contributed by atoms with Crippen molar-refractivity contribution >= 4 is 22.2 Å². The fraction of sp³-hybridized carbons (Fsp3) is 0. The van der Waals surface area contributed by atoms with Gasteiger partial charge in [0.1, 0.15) is 22.3 Å². The van der Waals surface area contributed by atoms with Crippen molar-refractivity contribution in [2.75, 3.05) is 0 Å². The molecule has 0 atom stereocenters. The molecule has 0 fully saturated rings. The van der Waals surface area contributed by atoms with Crippen LogP contribution in [0, 0.1) is 11.6 Å². The minimum absolute atomic E-state index is 0.315. The van der Waals surface area contributed by atoms with E-state index in [0.29, 0.717) is 28.2 Å². The number of halogens is 2. The van der Waals surface area contributed by atoms with Crippen LogP contribution in [0.2, 0.25) is 0 Å². The molecule has 5 aromatic rings. The first-order valence-electron chi connectivity index (χ1n) is 8.76. The molecule has 7 heteroatoms. The number of aromatic nitrogens is 4. The number of thiazole rings is 1. The summed E-state index contributed by atoms with van der Waals surface area (Å²) in [6.07, 6.45) is 5.10. The van der Waals surface area contributed by atoms with Gasteiger partial charge in [-0.25, -0.2) is 23.7 Å². The van der Waals surface area contributed by atoms with E-state index < -0.39 is 11.6 Å². The first kappa shape index (κ1) is 17.5. The summed E-state index contributed by atoms with van der Waals surface area (Å²) in [5.41, 5.74) is 3.09. The van der Waals surface area contributed by atoms with Crippen molar-refractivity contribution in [3.63, 3.8) is 0 Å². The van der Waals surface area contributed by atoms with Crippen LogP contribution in [-0.4, -0.2) is 19.9 Å². The summed E-state index contributed by atoms with van der Waals surface area (Å²) < 4.78 is 27.6. The number of benzene rings is 2. The van der Waals surface area contributed by atoms with Crippen molar-refractivity contribution < 1.29 is 8.78 Å². The standard InChI is InChI=1S/C22H12F2N4S/c23-15-4-5-16(18(24)11-15)13-3-6-19-17(10-13)20(22-26-8-9-29-22)28-21(27-19)14-2-1-7-25-12-14/h1-12H. The van der Waals surface area contributed by atoms with Gasteiger partial charge in [0.25, 0.3) is 0 Å². The molecule has 0 bridgehead atoms. The minimum Gasteiger partial charge on any atom is -0.264 e. The molecule has 3 aromatic heterocycles. The Morgan fingerprint density at radius 1 is 0.862 bits per heavy atom. The molecule has 3 heterocycles. The maximum absolute atomic E-state index is 14.3. The zero-order valence-corrected chi connectivity index (χ0v) is 15.7. The second-order valence-corrected chi connectivity index (χ2v) is 7.23. The van der Waals surface area contributed by atoms with Crippen molar-refractivity contribution in [3.8, 4) is 33.2 Å². The van der Waals surface area contributed by atoms with Crippen LogP contribution in [0.1, 0.15) is 0 Å². The summed E-state index contributed by atoms with van der Waals surface area (Å²) in [5.74, 6) is -0.690. The lowest BCUT2D eigenvalue weighted by molar-refractivity contribution is 0.585. The van der Waals surface area contributed by atoms with Crippen LogP contribution < -0.4 is 0 Å². The highest BCUT2D eigenvalue weighted by Crippen LogP contribution is 2.33. The van der Waals surface area contributed by atoms with Crippen LogP contribution in [0.5, 0.6) is 0 Å². The number of fused-ring (bicyclic) bond motifs is 1. The zero-order chi connectivity index (χ0) is 19.8. The molecule has 0 unspecified atom stereocenters. The largest absolute Gasteiger partial charge is 0.264 e. The van der Waals surface area contributed by atoms with Gasteiger partial charge in [0, 0.05) is 46.6 Å². The monoisotopic (exact) mass is 402 g/mol. The van der Waals surface area contributed by atoms with E-state index in [4.69, 9.17) is 4.98 Å². The molecule has 5 rings (SSSR count). The molecule has 0 N–H and O–H groups in total. The quantitative estimate of drug-likeness (QED) is 0.385. The Labute approximate surface area is 168 Å². The third kappa shape index (κ3) is 3.25. The molecular formula is C22H12F2N4S. The Morgan fingerprint density at radius 2 is 1.79 bits per heavy atom. The molecule has 0 aliphatic carbocycles. The first-order chi connectivity index (χ1) is 14.2. The van der Waals surface area contributed by atoms with Crippen molar-refractivity contribution in [1.29, 1.82) is 0 Å². The number of hydrogen-bond acceptors (Lipinski definition) is 5. The van der Waals surface area contributed by atoms with Gasteiger partial charge in [-0.2, -0.15) is 0 Å². The second-order valence-electron chi connectivity index (χ2n) is 6.33. The Hall–Kier alpha value is -3.58. The number of rotatable bonds is 3. The fourth-order valence-electron chi connectivity index (χ4n) is 3.15. The lowest BCUT2D eigenvalue weighted by Crippen LogP contribution is -1.96. The van der Waals surface area contributed by atoms with E-state index in [1.165, 1.54) is 23.5 Å². The molecule has 0 amide bonds. The lowest BCUT2D eigenvalue weighted by Gasteiger charge is -2.10. The number of hydrogen-bond donors (Lipinski definition) is 0. The van der Waals surface area contributed by atoms with Crippen molar-refractivity contribution in [1.82, 2.24) is 19.9 Å². The van der Waals surface area contributed by atoms with Gasteiger partial charge in [-0.15, -0.1) is 11.3 Å². The summed E-state index contributed by atoms with van der Waals surface area (Å²) in [6.45, 7) is 0.